The normalized spacial score (nSPS) is 8.79. The van der Waals surface area contributed by atoms with E-state index in [9.17, 15) is 4.79 Å². The number of anilines is 1. The molecule has 4 N–H and O–H groups in total. The Labute approximate surface area is 97.1 Å². The summed E-state index contributed by atoms with van der Waals surface area (Å²) in [5, 5.41) is 3.28. The Hall–Kier alpha value is -0.680. The first kappa shape index (κ1) is 13.3. The molecule has 0 aliphatic heterocycles. The average Bonchev–Trinajstić information content (AvgIpc) is 2.09. The third kappa shape index (κ3) is 3.59. The molecular formula is C7H8Cl3N3O. The van der Waals surface area contributed by atoms with Gasteiger partial charge in [0.05, 0.1) is 10.7 Å². The van der Waals surface area contributed by atoms with Crippen molar-refractivity contribution in [2.75, 3.05) is 5.32 Å². The quantitative estimate of drug-likeness (QED) is 0.410. The second kappa shape index (κ2) is 5.93. The van der Waals surface area contributed by atoms with Crippen molar-refractivity contribution < 1.29 is 4.79 Å². The van der Waals surface area contributed by atoms with Crippen LogP contribution in [0.2, 0.25) is 10.0 Å². The van der Waals surface area contributed by atoms with Crippen molar-refractivity contribution in [2.24, 2.45) is 5.84 Å². The fourth-order valence-corrected chi connectivity index (χ4v) is 1.20. The maximum atomic E-state index is 10.8. The molecule has 2 amide bonds. The molecule has 1 rings (SSSR count). The fraction of sp³-hybridized carbons (Fsp3) is 0. The summed E-state index contributed by atoms with van der Waals surface area (Å²) in [7, 11) is 0. The first-order valence-corrected chi connectivity index (χ1v) is 4.11. The molecule has 0 unspecified atom stereocenters. The summed E-state index contributed by atoms with van der Waals surface area (Å²) in [6, 6.07) is 4.18. The van der Waals surface area contributed by atoms with Gasteiger partial charge in [0.25, 0.3) is 0 Å². The molecule has 0 saturated carbocycles. The van der Waals surface area contributed by atoms with Crippen LogP contribution >= 0.6 is 35.6 Å². The van der Waals surface area contributed by atoms with Gasteiger partial charge in [0.15, 0.2) is 0 Å². The van der Waals surface area contributed by atoms with E-state index in [0.29, 0.717) is 15.7 Å². The molecule has 1 aromatic rings. The van der Waals surface area contributed by atoms with Gasteiger partial charge in [-0.2, -0.15) is 0 Å². The molecule has 0 aliphatic carbocycles. The van der Waals surface area contributed by atoms with Gasteiger partial charge in [0, 0.05) is 5.02 Å². The number of hydrogen-bond acceptors (Lipinski definition) is 2. The Kier molecular flexibility index (Phi) is 5.64. The van der Waals surface area contributed by atoms with Gasteiger partial charge in [-0.15, -0.1) is 12.4 Å². The first-order chi connectivity index (χ1) is 6.13. The van der Waals surface area contributed by atoms with E-state index in [1.807, 2.05) is 5.43 Å². The minimum Gasteiger partial charge on any atom is -0.305 e. The number of carbonyl (C=O) groups excluding carboxylic acids is 1. The highest BCUT2D eigenvalue weighted by molar-refractivity contribution is 6.36. The first-order valence-electron chi connectivity index (χ1n) is 3.36. The Balaban J connectivity index is 0.00000169. The Morgan fingerprint density at radius 3 is 2.50 bits per heavy atom. The maximum absolute atomic E-state index is 10.8. The molecule has 0 aromatic heterocycles. The number of nitrogens with two attached hydrogens (primary N) is 1. The summed E-state index contributed by atoms with van der Waals surface area (Å²) in [5.74, 6) is 4.87. The van der Waals surface area contributed by atoms with Crippen molar-refractivity contribution in [3.63, 3.8) is 0 Å². The van der Waals surface area contributed by atoms with E-state index in [0.717, 1.165) is 0 Å². The number of nitrogens with one attached hydrogen (secondary N) is 2. The van der Waals surface area contributed by atoms with Crippen LogP contribution in [0, 0.1) is 0 Å². The van der Waals surface area contributed by atoms with E-state index in [-0.39, 0.29) is 12.4 Å². The predicted octanol–water partition coefficient (Wildman–Crippen LogP) is 2.41. The molecule has 1 aromatic carbocycles. The summed E-state index contributed by atoms with van der Waals surface area (Å²) in [6.07, 6.45) is 0. The second-order valence-corrected chi connectivity index (χ2v) is 3.07. The zero-order chi connectivity index (χ0) is 9.84. The van der Waals surface area contributed by atoms with Crippen LogP contribution in [0.3, 0.4) is 0 Å². The van der Waals surface area contributed by atoms with Crippen molar-refractivity contribution in [1.29, 1.82) is 0 Å². The van der Waals surface area contributed by atoms with E-state index in [4.69, 9.17) is 29.0 Å². The number of halogens is 3. The lowest BCUT2D eigenvalue weighted by Gasteiger charge is -2.05. The van der Waals surface area contributed by atoms with Gasteiger partial charge in [-0.3, -0.25) is 5.43 Å². The molecular weight excluding hydrogens is 248 g/mol. The zero-order valence-corrected chi connectivity index (χ0v) is 9.21. The fourth-order valence-electron chi connectivity index (χ4n) is 0.749. The summed E-state index contributed by atoms with van der Waals surface area (Å²) in [4.78, 5) is 10.8. The monoisotopic (exact) mass is 255 g/mol. The van der Waals surface area contributed by atoms with Gasteiger partial charge in [0.1, 0.15) is 0 Å². The van der Waals surface area contributed by atoms with E-state index in [2.05, 4.69) is 5.32 Å². The van der Waals surface area contributed by atoms with Crippen LogP contribution in [0.4, 0.5) is 10.5 Å². The summed E-state index contributed by atoms with van der Waals surface area (Å²) in [6.45, 7) is 0. The molecule has 14 heavy (non-hydrogen) atoms. The molecule has 0 heterocycles. The summed E-state index contributed by atoms with van der Waals surface area (Å²) >= 11 is 11.4. The Morgan fingerprint density at radius 2 is 2.00 bits per heavy atom. The molecule has 0 spiro atoms. The minimum atomic E-state index is -0.538. The number of urea groups is 1. The predicted molar refractivity (Wildman–Crippen MR) is 60.1 cm³/mol. The van der Waals surface area contributed by atoms with Crippen LogP contribution in [-0.2, 0) is 0 Å². The van der Waals surface area contributed by atoms with Gasteiger partial charge in [-0.05, 0) is 18.2 Å². The molecule has 4 nitrogen and oxygen atoms in total. The van der Waals surface area contributed by atoms with Crippen LogP contribution in [-0.4, -0.2) is 6.03 Å². The summed E-state index contributed by atoms with van der Waals surface area (Å²) in [5.41, 5.74) is 2.37. The molecule has 0 saturated heterocycles. The van der Waals surface area contributed by atoms with Crippen LogP contribution in [0.15, 0.2) is 18.2 Å². The van der Waals surface area contributed by atoms with E-state index >= 15 is 0 Å². The lowest BCUT2D eigenvalue weighted by molar-refractivity contribution is 0.252. The smallest absolute Gasteiger partial charge is 0.305 e. The van der Waals surface area contributed by atoms with E-state index in [1.54, 1.807) is 12.1 Å². The molecule has 0 atom stereocenters. The van der Waals surface area contributed by atoms with Gasteiger partial charge >= 0.3 is 6.03 Å². The number of carbonyl (C=O) groups is 1. The minimum absolute atomic E-state index is 0. The molecule has 0 radical (unpaired) electrons. The van der Waals surface area contributed by atoms with Crippen LogP contribution in [0.5, 0.6) is 0 Å². The standard InChI is InChI=1S/C7H7Cl2N3O.ClH/c8-4-1-2-6(5(9)3-4)11-7(13)12-10;/h1-3H,10H2,(H2,11,12,13);1H. The molecule has 0 bridgehead atoms. The van der Waals surface area contributed by atoms with Crippen LogP contribution in [0.1, 0.15) is 0 Å². The van der Waals surface area contributed by atoms with Crippen molar-refractivity contribution in [1.82, 2.24) is 5.43 Å². The van der Waals surface area contributed by atoms with E-state index in [1.165, 1.54) is 6.07 Å². The number of hydrazine groups is 1. The van der Waals surface area contributed by atoms with Crippen molar-refractivity contribution in [3.8, 4) is 0 Å². The van der Waals surface area contributed by atoms with Gasteiger partial charge in [0.2, 0.25) is 0 Å². The van der Waals surface area contributed by atoms with Gasteiger partial charge < -0.3 is 5.32 Å². The number of benzene rings is 1. The van der Waals surface area contributed by atoms with Crippen molar-refractivity contribution in [2.45, 2.75) is 0 Å². The Bertz CT molecular complexity index is 332. The highest BCUT2D eigenvalue weighted by atomic mass is 35.5. The third-order valence-electron chi connectivity index (χ3n) is 1.31. The Morgan fingerprint density at radius 1 is 1.36 bits per heavy atom. The lowest BCUT2D eigenvalue weighted by Crippen LogP contribution is -2.34. The SMILES string of the molecule is Cl.NNC(=O)Nc1ccc(Cl)cc1Cl. The van der Waals surface area contributed by atoms with Gasteiger partial charge in [-0.25, -0.2) is 10.6 Å². The topological polar surface area (TPSA) is 67.1 Å². The number of rotatable bonds is 1. The molecule has 7 heteroatoms. The zero-order valence-electron chi connectivity index (χ0n) is 6.88. The number of hydrogen-bond donors (Lipinski definition) is 3. The lowest BCUT2D eigenvalue weighted by atomic mass is 10.3. The van der Waals surface area contributed by atoms with E-state index < -0.39 is 6.03 Å². The van der Waals surface area contributed by atoms with Crippen molar-refractivity contribution >= 4 is 47.3 Å². The maximum Gasteiger partial charge on any atom is 0.333 e. The second-order valence-electron chi connectivity index (χ2n) is 2.22. The third-order valence-corrected chi connectivity index (χ3v) is 1.86. The average molecular weight is 257 g/mol. The largest absolute Gasteiger partial charge is 0.333 e. The van der Waals surface area contributed by atoms with Crippen LogP contribution in [0.25, 0.3) is 0 Å². The highest BCUT2D eigenvalue weighted by Crippen LogP contribution is 2.24. The molecule has 0 fully saturated rings. The number of amides is 2. The van der Waals surface area contributed by atoms with Gasteiger partial charge in [-0.1, -0.05) is 23.2 Å². The molecule has 0 aliphatic rings. The van der Waals surface area contributed by atoms with Crippen LogP contribution < -0.4 is 16.6 Å². The highest BCUT2D eigenvalue weighted by Gasteiger charge is 2.03. The molecule has 78 valence electrons. The summed E-state index contributed by atoms with van der Waals surface area (Å²) < 4.78 is 0. The van der Waals surface area contributed by atoms with Crippen molar-refractivity contribution in [3.05, 3.63) is 28.2 Å².